The van der Waals surface area contributed by atoms with Gasteiger partial charge >= 0.3 is 0 Å². The molecule has 0 radical (unpaired) electrons. The lowest BCUT2D eigenvalue weighted by molar-refractivity contribution is 0.0976. The molecule has 104 valence electrons. The van der Waals surface area contributed by atoms with Crippen molar-refractivity contribution in [3.63, 3.8) is 0 Å². The molecule has 0 N–H and O–H groups in total. The standard InChI is InChI=1S/C18H20O2/c1-2-20-18-14-7-6-12-16(18)17(19)13-8-11-15-9-4-3-5-10-15/h3-7,9-10,12,14H,2,8,11,13H2,1H3. The SMILES string of the molecule is CCOc1ccccc1C(=O)CCCc1ccccc1. The van der Waals surface area contributed by atoms with E-state index in [1.807, 2.05) is 49.4 Å². The number of ketones is 1. The van der Waals surface area contributed by atoms with E-state index in [1.54, 1.807) is 0 Å². The molecule has 0 aliphatic heterocycles. The molecule has 2 heteroatoms. The molecule has 0 fully saturated rings. The van der Waals surface area contributed by atoms with Crippen molar-refractivity contribution in [2.75, 3.05) is 6.61 Å². The molecule has 0 amide bonds. The molecule has 20 heavy (non-hydrogen) atoms. The van der Waals surface area contributed by atoms with Crippen LogP contribution in [0.1, 0.15) is 35.7 Å². The van der Waals surface area contributed by atoms with E-state index in [2.05, 4.69) is 12.1 Å². The first kappa shape index (κ1) is 14.3. The van der Waals surface area contributed by atoms with E-state index >= 15 is 0 Å². The highest BCUT2D eigenvalue weighted by Gasteiger charge is 2.11. The zero-order valence-electron chi connectivity index (χ0n) is 11.8. The van der Waals surface area contributed by atoms with Crippen molar-refractivity contribution in [2.45, 2.75) is 26.2 Å². The Balaban J connectivity index is 1.92. The summed E-state index contributed by atoms with van der Waals surface area (Å²) in [6.45, 7) is 2.50. The van der Waals surface area contributed by atoms with Gasteiger partial charge in [-0.25, -0.2) is 0 Å². The highest BCUT2D eigenvalue weighted by atomic mass is 16.5. The Morgan fingerprint density at radius 2 is 1.70 bits per heavy atom. The Hall–Kier alpha value is -2.09. The van der Waals surface area contributed by atoms with Crippen molar-refractivity contribution in [2.24, 2.45) is 0 Å². The smallest absolute Gasteiger partial charge is 0.166 e. The quantitative estimate of drug-likeness (QED) is 0.700. The number of Topliss-reactive ketones (excluding diaryl/α,β-unsaturated/α-hetero) is 1. The Bertz CT molecular complexity index is 546. The number of benzene rings is 2. The number of para-hydroxylation sites is 1. The predicted octanol–water partition coefficient (Wildman–Crippen LogP) is 4.29. The van der Waals surface area contributed by atoms with Gasteiger partial charge in [-0.3, -0.25) is 4.79 Å². The molecule has 0 spiro atoms. The molecular weight excluding hydrogens is 248 g/mol. The molecule has 0 heterocycles. The number of carbonyl (C=O) groups is 1. The lowest BCUT2D eigenvalue weighted by Crippen LogP contribution is -2.04. The third-order valence-corrected chi connectivity index (χ3v) is 3.20. The average Bonchev–Trinajstić information content (AvgIpc) is 2.49. The number of hydrogen-bond donors (Lipinski definition) is 0. The molecule has 0 saturated heterocycles. The topological polar surface area (TPSA) is 26.3 Å². The maximum atomic E-state index is 12.3. The Morgan fingerprint density at radius 1 is 1.00 bits per heavy atom. The Kier molecular flexibility index (Phi) is 5.36. The fraction of sp³-hybridized carbons (Fsp3) is 0.278. The van der Waals surface area contributed by atoms with Crippen LogP contribution in [0.4, 0.5) is 0 Å². The summed E-state index contributed by atoms with van der Waals surface area (Å²) >= 11 is 0. The number of hydrogen-bond acceptors (Lipinski definition) is 2. The summed E-state index contributed by atoms with van der Waals surface area (Å²) in [5.41, 5.74) is 1.97. The number of rotatable bonds is 7. The largest absolute Gasteiger partial charge is 0.493 e. The third kappa shape index (κ3) is 3.95. The minimum absolute atomic E-state index is 0.157. The number of carbonyl (C=O) groups excluding carboxylic acids is 1. The van der Waals surface area contributed by atoms with Gasteiger partial charge in [0.25, 0.3) is 0 Å². The van der Waals surface area contributed by atoms with Gasteiger partial charge in [-0.2, -0.15) is 0 Å². The van der Waals surface area contributed by atoms with Crippen LogP contribution >= 0.6 is 0 Å². The van der Waals surface area contributed by atoms with Gasteiger partial charge in [0.15, 0.2) is 5.78 Å². The van der Waals surface area contributed by atoms with Crippen LogP contribution < -0.4 is 4.74 Å². The highest BCUT2D eigenvalue weighted by molar-refractivity contribution is 5.98. The zero-order chi connectivity index (χ0) is 14.2. The van der Waals surface area contributed by atoms with Crippen molar-refractivity contribution in [1.82, 2.24) is 0 Å². The van der Waals surface area contributed by atoms with Gasteiger partial charge in [-0.1, -0.05) is 42.5 Å². The van der Waals surface area contributed by atoms with Crippen LogP contribution in [0.25, 0.3) is 0 Å². The van der Waals surface area contributed by atoms with Gasteiger partial charge in [0, 0.05) is 6.42 Å². The maximum Gasteiger partial charge on any atom is 0.166 e. The fourth-order valence-corrected chi connectivity index (χ4v) is 2.21. The molecule has 2 aromatic carbocycles. The second-order valence-electron chi connectivity index (χ2n) is 4.69. The Morgan fingerprint density at radius 3 is 2.45 bits per heavy atom. The lowest BCUT2D eigenvalue weighted by atomic mass is 10.0. The molecule has 0 bridgehead atoms. The molecule has 0 aromatic heterocycles. The van der Waals surface area contributed by atoms with Crippen molar-refractivity contribution in [3.8, 4) is 5.75 Å². The minimum Gasteiger partial charge on any atom is -0.493 e. The summed E-state index contributed by atoms with van der Waals surface area (Å²) in [6.07, 6.45) is 2.35. The second-order valence-corrected chi connectivity index (χ2v) is 4.69. The zero-order valence-corrected chi connectivity index (χ0v) is 11.8. The molecule has 0 atom stereocenters. The van der Waals surface area contributed by atoms with Crippen LogP contribution in [-0.2, 0) is 6.42 Å². The maximum absolute atomic E-state index is 12.3. The predicted molar refractivity (Wildman–Crippen MR) is 81.3 cm³/mol. The van der Waals surface area contributed by atoms with Crippen LogP contribution in [0.3, 0.4) is 0 Å². The van der Waals surface area contributed by atoms with E-state index in [9.17, 15) is 4.79 Å². The van der Waals surface area contributed by atoms with Crippen LogP contribution in [0.5, 0.6) is 5.75 Å². The van der Waals surface area contributed by atoms with Gasteiger partial charge < -0.3 is 4.74 Å². The molecule has 0 saturated carbocycles. The summed E-state index contributed by atoms with van der Waals surface area (Å²) in [4.78, 5) is 12.3. The summed E-state index contributed by atoms with van der Waals surface area (Å²) in [5, 5.41) is 0. The fourth-order valence-electron chi connectivity index (χ4n) is 2.21. The van der Waals surface area contributed by atoms with E-state index in [-0.39, 0.29) is 5.78 Å². The molecule has 0 aliphatic carbocycles. The van der Waals surface area contributed by atoms with Gasteiger partial charge in [-0.15, -0.1) is 0 Å². The normalized spacial score (nSPS) is 10.2. The van der Waals surface area contributed by atoms with Gasteiger partial charge in [-0.05, 0) is 37.5 Å². The van der Waals surface area contributed by atoms with E-state index in [0.29, 0.717) is 24.3 Å². The average molecular weight is 268 g/mol. The first-order chi connectivity index (χ1) is 9.81. The molecule has 0 aliphatic rings. The summed E-state index contributed by atoms with van der Waals surface area (Å²) < 4.78 is 5.50. The second kappa shape index (κ2) is 7.49. The monoisotopic (exact) mass is 268 g/mol. The van der Waals surface area contributed by atoms with E-state index in [1.165, 1.54) is 5.56 Å². The number of ether oxygens (including phenoxy) is 1. The molecule has 2 aromatic rings. The van der Waals surface area contributed by atoms with Crippen LogP contribution in [0.15, 0.2) is 54.6 Å². The van der Waals surface area contributed by atoms with Crippen molar-refractivity contribution >= 4 is 5.78 Å². The Labute approximate surface area is 120 Å². The molecule has 2 nitrogen and oxygen atoms in total. The summed E-state index contributed by atoms with van der Waals surface area (Å²) in [6, 6.07) is 17.7. The molecule has 0 unspecified atom stereocenters. The van der Waals surface area contributed by atoms with Gasteiger partial charge in [0.2, 0.25) is 0 Å². The van der Waals surface area contributed by atoms with E-state index in [0.717, 1.165) is 12.8 Å². The van der Waals surface area contributed by atoms with Crippen LogP contribution in [0.2, 0.25) is 0 Å². The lowest BCUT2D eigenvalue weighted by Gasteiger charge is -2.09. The van der Waals surface area contributed by atoms with Crippen molar-refractivity contribution < 1.29 is 9.53 Å². The van der Waals surface area contributed by atoms with Crippen molar-refractivity contribution in [3.05, 3.63) is 65.7 Å². The minimum atomic E-state index is 0.157. The summed E-state index contributed by atoms with van der Waals surface area (Å²) in [5.74, 6) is 0.852. The van der Waals surface area contributed by atoms with Crippen LogP contribution in [-0.4, -0.2) is 12.4 Å². The van der Waals surface area contributed by atoms with Crippen molar-refractivity contribution in [1.29, 1.82) is 0 Å². The van der Waals surface area contributed by atoms with Crippen LogP contribution in [0, 0.1) is 0 Å². The highest BCUT2D eigenvalue weighted by Crippen LogP contribution is 2.20. The molecule has 2 rings (SSSR count). The van der Waals surface area contributed by atoms with E-state index in [4.69, 9.17) is 4.74 Å². The molecular formula is C18H20O2. The summed E-state index contributed by atoms with van der Waals surface area (Å²) in [7, 11) is 0. The van der Waals surface area contributed by atoms with E-state index < -0.39 is 0 Å². The first-order valence-corrected chi connectivity index (χ1v) is 7.10. The van der Waals surface area contributed by atoms with Gasteiger partial charge in [0.1, 0.15) is 5.75 Å². The van der Waals surface area contributed by atoms with Gasteiger partial charge in [0.05, 0.1) is 12.2 Å². The number of aryl methyl sites for hydroxylation is 1. The first-order valence-electron chi connectivity index (χ1n) is 7.10. The third-order valence-electron chi connectivity index (χ3n) is 3.20.